The van der Waals surface area contributed by atoms with Crippen molar-refractivity contribution in [3.8, 4) is 5.75 Å². The van der Waals surface area contributed by atoms with Crippen LogP contribution in [0.15, 0.2) is 24.3 Å². The Morgan fingerprint density at radius 2 is 1.75 bits per heavy atom. The van der Waals surface area contributed by atoms with Crippen molar-refractivity contribution in [2.75, 3.05) is 13.2 Å². The number of nitrogens with one attached hydrogen (secondary N) is 1. The summed E-state index contributed by atoms with van der Waals surface area (Å²) in [7, 11) is 0. The van der Waals surface area contributed by atoms with E-state index in [4.69, 9.17) is 10.5 Å². The topological polar surface area (TPSA) is 84.7 Å². The molecule has 174 valence electrons. The van der Waals surface area contributed by atoms with Gasteiger partial charge < -0.3 is 20.7 Å². The number of carbonyl (C=O) groups excluding carboxylic acids is 2. The van der Waals surface area contributed by atoms with Crippen molar-refractivity contribution in [1.82, 2.24) is 10.2 Å². The Kier molecular flexibility index (Phi) is 6.15. The fourth-order valence-electron chi connectivity index (χ4n) is 7.17. The van der Waals surface area contributed by atoms with Crippen molar-refractivity contribution in [2.45, 2.75) is 76.4 Å². The molecule has 32 heavy (non-hydrogen) atoms. The maximum Gasteiger partial charge on any atom is 0.243 e. The molecular formula is C26H37N3O3. The lowest BCUT2D eigenvalue weighted by Crippen LogP contribution is -2.59. The number of benzene rings is 1. The summed E-state index contributed by atoms with van der Waals surface area (Å²) in [5.74, 6) is 3.80. The molecule has 3 N–H and O–H groups in total. The van der Waals surface area contributed by atoms with Crippen molar-refractivity contribution >= 4 is 11.8 Å². The standard InChI is InChI=1S/C26H37N3O3/c1-2-32-21-7-5-16(6-8-21)15-22(27)26(31)29-9-3-4-23(29)25(30)28-24-19-11-17-10-18(13-19)14-20(24)12-17/h5-8,17-20,22-24H,2-4,9-15,27H2,1H3,(H,28,30)/t17?,18?,19?,20?,22?,23-,24?/m1/s1. The number of amides is 2. The van der Waals surface area contributed by atoms with Gasteiger partial charge in [0.1, 0.15) is 11.8 Å². The Hall–Kier alpha value is -2.08. The fourth-order valence-corrected chi connectivity index (χ4v) is 7.17. The number of rotatable bonds is 7. The fraction of sp³-hybridized carbons (Fsp3) is 0.692. The highest BCUT2D eigenvalue weighted by atomic mass is 16.5. The van der Waals surface area contributed by atoms with Gasteiger partial charge in [0.2, 0.25) is 11.8 Å². The lowest BCUT2D eigenvalue weighted by molar-refractivity contribution is -0.140. The highest BCUT2D eigenvalue weighted by Gasteiger charge is 2.49. The van der Waals surface area contributed by atoms with Crippen molar-refractivity contribution in [1.29, 1.82) is 0 Å². The van der Waals surface area contributed by atoms with Gasteiger partial charge in [-0.3, -0.25) is 9.59 Å². The Balaban J connectivity index is 1.19. The number of nitrogens with two attached hydrogens (primary N) is 1. The van der Waals surface area contributed by atoms with Crippen LogP contribution in [0.2, 0.25) is 0 Å². The van der Waals surface area contributed by atoms with Crippen molar-refractivity contribution in [3.63, 3.8) is 0 Å². The Labute approximate surface area is 191 Å². The molecular weight excluding hydrogens is 402 g/mol. The molecule has 4 aliphatic carbocycles. The second kappa shape index (κ2) is 9.05. The third kappa shape index (κ3) is 4.26. The van der Waals surface area contributed by atoms with Gasteiger partial charge >= 0.3 is 0 Å². The summed E-state index contributed by atoms with van der Waals surface area (Å²) >= 11 is 0. The zero-order valence-electron chi connectivity index (χ0n) is 19.2. The average molecular weight is 440 g/mol. The zero-order valence-corrected chi connectivity index (χ0v) is 19.2. The molecule has 1 aliphatic heterocycles. The first kappa shape index (κ1) is 21.7. The van der Waals surface area contributed by atoms with Crippen LogP contribution in [0, 0.1) is 23.7 Å². The number of carbonyl (C=O) groups is 2. The highest BCUT2D eigenvalue weighted by Crippen LogP contribution is 2.53. The van der Waals surface area contributed by atoms with Crippen molar-refractivity contribution in [3.05, 3.63) is 29.8 Å². The Bertz CT molecular complexity index is 811. The van der Waals surface area contributed by atoms with Crippen LogP contribution in [0.4, 0.5) is 0 Å². The molecule has 4 saturated carbocycles. The smallest absolute Gasteiger partial charge is 0.243 e. The molecule has 0 spiro atoms. The van der Waals surface area contributed by atoms with Gasteiger partial charge in [-0.1, -0.05) is 12.1 Å². The summed E-state index contributed by atoms with van der Waals surface area (Å²) < 4.78 is 5.48. The van der Waals surface area contributed by atoms with Crippen molar-refractivity contribution in [2.24, 2.45) is 29.4 Å². The van der Waals surface area contributed by atoms with E-state index in [2.05, 4.69) is 5.32 Å². The second-order valence-electron chi connectivity index (χ2n) is 10.5. The van der Waals surface area contributed by atoms with Crippen LogP contribution in [-0.4, -0.2) is 48.0 Å². The monoisotopic (exact) mass is 439 g/mol. The molecule has 6 rings (SSSR count). The molecule has 6 heteroatoms. The molecule has 1 heterocycles. The van der Waals surface area contributed by atoms with Gasteiger partial charge in [0.25, 0.3) is 0 Å². The zero-order chi connectivity index (χ0) is 22.2. The molecule has 5 aliphatic rings. The first-order chi connectivity index (χ1) is 15.5. The third-order valence-electron chi connectivity index (χ3n) is 8.38. The Morgan fingerprint density at radius 3 is 2.38 bits per heavy atom. The maximum atomic E-state index is 13.3. The normalized spacial score (nSPS) is 33.9. The van der Waals surface area contributed by atoms with Gasteiger partial charge in [-0.05, 0) is 99.7 Å². The van der Waals surface area contributed by atoms with Gasteiger partial charge in [-0.25, -0.2) is 0 Å². The number of likely N-dealkylation sites (tertiary alicyclic amines) is 1. The van der Waals surface area contributed by atoms with Gasteiger partial charge in [0, 0.05) is 12.6 Å². The number of ether oxygens (including phenoxy) is 1. The van der Waals surface area contributed by atoms with Gasteiger partial charge in [-0.2, -0.15) is 0 Å². The average Bonchev–Trinajstić information content (AvgIpc) is 3.26. The van der Waals surface area contributed by atoms with E-state index in [1.54, 1.807) is 4.90 Å². The van der Waals surface area contributed by atoms with Crippen molar-refractivity contribution < 1.29 is 14.3 Å². The predicted molar refractivity (Wildman–Crippen MR) is 123 cm³/mol. The first-order valence-corrected chi connectivity index (χ1v) is 12.6. The highest BCUT2D eigenvalue weighted by molar-refractivity contribution is 5.90. The number of hydrogen-bond acceptors (Lipinski definition) is 4. The van der Waals surface area contributed by atoms with Crippen LogP contribution in [0.5, 0.6) is 5.75 Å². The summed E-state index contributed by atoms with van der Waals surface area (Å²) in [6.07, 6.45) is 8.57. The third-order valence-corrected chi connectivity index (χ3v) is 8.38. The van der Waals surface area contributed by atoms with E-state index in [9.17, 15) is 9.59 Å². The molecule has 0 aromatic heterocycles. The summed E-state index contributed by atoms with van der Waals surface area (Å²) in [5.41, 5.74) is 7.32. The molecule has 0 radical (unpaired) electrons. The van der Waals surface area contributed by atoms with Gasteiger partial charge in [-0.15, -0.1) is 0 Å². The molecule has 2 amide bonds. The van der Waals surface area contributed by atoms with Gasteiger partial charge in [0.15, 0.2) is 0 Å². The van der Waals surface area contributed by atoms with Crippen LogP contribution >= 0.6 is 0 Å². The summed E-state index contributed by atoms with van der Waals surface area (Å²) in [5, 5.41) is 3.41. The van der Waals surface area contributed by atoms with E-state index in [0.717, 1.165) is 36.0 Å². The molecule has 5 fully saturated rings. The van der Waals surface area contributed by atoms with Crippen LogP contribution in [0.3, 0.4) is 0 Å². The van der Waals surface area contributed by atoms with E-state index in [-0.39, 0.29) is 17.9 Å². The maximum absolute atomic E-state index is 13.3. The molecule has 6 nitrogen and oxygen atoms in total. The van der Waals surface area contributed by atoms with Crippen LogP contribution in [-0.2, 0) is 16.0 Å². The molecule has 1 saturated heterocycles. The van der Waals surface area contributed by atoms with Crippen LogP contribution in [0.25, 0.3) is 0 Å². The second-order valence-corrected chi connectivity index (χ2v) is 10.5. The molecule has 2 atom stereocenters. The summed E-state index contributed by atoms with van der Waals surface area (Å²) in [6.45, 7) is 3.20. The summed E-state index contributed by atoms with van der Waals surface area (Å²) in [6, 6.07) is 7.04. The van der Waals surface area contributed by atoms with E-state index < -0.39 is 6.04 Å². The van der Waals surface area contributed by atoms with Crippen LogP contribution < -0.4 is 15.8 Å². The minimum Gasteiger partial charge on any atom is -0.494 e. The van der Waals surface area contributed by atoms with E-state index in [1.165, 1.54) is 32.1 Å². The molecule has 1 unspecified atom stereocenters. The number of nitrogens with zero attached hydrogens (tertiary/aromatic N) is 1. The largest absolute Gasteiger partial charge is 0.494 e. The first-order valence-electron chi connectivity index (χ1n) is 12.6. The lowest BCUT2D eigenvalue weighted by atomic mass is 9.54. The lowest BCUT2D eigenvalue weighted by Gasteiger charge is -2.54. The minimum absolute atomic E-state index is 0.0431. The van der Waals surface area contributed by atoms with Gasteiger partial charge in [0.05, 0.1) is 12.6 Å². The molecule has 1 aromatic rings. The minimum atomic E-state index is -0.637. The number of hydrogen-bond donors (Lipinski definition) is 2. The van der Waals surface area contributed by atoms with Crippen LogP contribution in [0.1, 0.15) is 57.4 Å². The molecule has 4 bridgehead atoms. The summed E-state index contributed by atoms with van der Waals surface area (Å²) in [4.78, 5) is 28.2. The molecule has 1 aromatic carbocycles. The SMILES string of the molecule is CCOc1ccc(CC(N)C(=O)N2CCC[C@@H]2C(=O)NC2C3CC4CC(C3)CC2C4)cc1. The quantitative estimate of drug-likeness (QED) is 0.684. The van der Waals surface area contributed by atoms with E-state index in [0.29, 0.717) is 37.5 Å². The Morgan fingerprint density at radius 1 is 1.09 bits per heavy atom. The van der Waals surface area contributed by atoms with E-state index >= 15 is 0 Å². The van der Waals surface area contributed by atoms with E-state index in [1.807, 2.05) is 31.2 Å². The predicted octanol–water partition coefficient (Wildman–Crippen LogP) is 2.89.